The van der Waals surface area contributed by atoms with Crippen molar-refractivity contribution in [2.75, 3.05) is 26.2 Å². The van der Waals surface area contributed by atoms with Crippen LogP contribution in [0.3, 0.4) is 0 Å². The zero-order chi connectivity index (χ0) is 32.4. The number of halogens is 1. The van der Waals surface area contributed by atoms with Gasteiger partial charge in [-0.15, -0.1) is 30.0 Å². The second-order valence-electron chi connectivity index (χ2n) is 12.2. The van der Waals surface area contributed by atoms with Gasteiger partial charge in [0.1, 0.15) is 18.2 Å². The Balaban J connectivity index is 1.36. The Labute approximate surface area is 281 Å². The molecule has 6 rings (SSSR count). The number of para-hydroxylation sites is 1. The number of hydrogen-bond acceptors (Lipinski definition) is 7. The van der Waals surface area contributed by atoms with Crippen molar-refractivity contribution in [3.8, 4) is 0 Å². The first-order valence-electron chi connectivity index (χ1n) is 15.7. The molecule has 46 heavy (non-hydrogen) atoms. The number of likely N-dealkylation sites (tertiary alicyclic amines) is 1. The summed E-state index contributed by atoms with van der Waals surface area (Å²) in [6.07, 6.45) is 5.03. The van der Waals surface area contributed by atoms with Gasteiger partial charge in [-0.05, 0) is 37.0 Å². The maximum atomic E-state index is 14.8. The van der Waals surface area contributed by atoms with Gasteiger partial charge < -0.3 is 19.8 Å². The van der Waals surface area contributed by atoms with E-state index in [4.69, 9.17) is 0 Å². The maximum Gasteiger partial charge on any atom is 0.248 e. The van der Waals surface area contributed by atoms with E-state index < -0.39 is 22.6 Å². The van der Waals surface area contributed by atoms with Gasteiger partial charge in [0.05, 0.1) is 22.1 Å². The summed E-state index contributed by atoms with van der Waals surface area (Å²) in [5.41, 5.74) is 2.52. The van der Waals surface area contributed by atoms with Crippen molar-refractivity contribution < 1.29 is 19.5 Å². The molecule has 10 nitrogen and oxygen atoms in total. The van der Waals surface area contributed by atoms with Crippen LogP contribution in [0.25, 0.3) is 11.0 Å². The molecule has 242 valence electrons. The molecule has 2 aromatic carbocycles. The van der Waals surface area contributed by atoms with Crippen LogP contribution in [0.5, 0.6) is 0 Å². The third-order valence-electron chi connectivity index (χ3n) is 9.38. The highest BCUT2D eigenvalue weighted by molar-refractivity contribution is 9.09. The average molecular weight is 708 g/mol. The third-order valence-corrected chi connectivity index (χ3v) is 12.6. The second kappa shape index (κ2) is 13.7. The Morgan fingerprint density at radius 3 is 2.50 bits per heavy atom. The van der Waals surface area contributed by atoms with Gasteiger partial charge in [-0.2, -0.15) is 0 Å². The van der Waals surface area contributed by atoms with Gasteiger partial charge in [0.15, 0.2) is 0 Å². The highest BCUT2D eigenvalue weighted by Gasteiger charge is 2.76. The van der Waals surface area contributed by atoms with Crippen LogP contribution in [0.15, 0.2) is 79.9 Å². The molecule has 6 atom stereocenters. The van der Waals surface area contributed by atoms with Gasteiger partial charge in [-0.25, -0.2) is 4.68 Å². The van der Waals surface area contributed by atoms with Crippen LogP contribution in [0.1, 0.15) is 24.8 Å². The third kappa shape index (κ3) is 5.68. The summed E-state index contributed by atoms with van der Waals surface area (Å²) in [4.78, 5) is 48.9. The molecule has 3 aliphatic rings. The van der Waals surface area contributed by atoms with Crippen molar-refractivity contribution in [2.24, 2.45) is 11.8 Å². The van der Waals surface area contributed by atoms with Crippen molar-refractivity contribution in [1.29, 1.82) is 0 Å². The molecule has 3 aliphatic heterocycles. The van der Waals surface area contributed by atoms with Crippen LogP contribution < -0.4 is 0 Å². The van der Waals surface area contributed by atoms with E-state index in [1.807, 2.05) is 54.6 Å². The Bertz CT molecular complexity index is 1620. The molecule has 12 heteroatoms. The van der Waals surface area contributed by atoms with E-state index in [-0.39, 0.29) is 47.6 Å². The lowest BCUT2D eigenvalue weighted by molar-refractivity contribution is -0.145. The van der Waals surface area contributed by atoms with Crippen LogP contribution >= 0.6 is 27.7 Å². The number of nitrogens with zero attached hydrogens (tertiary/aromatic N) is 6. The number of aliphatic hydroxyl groups excluding tert-OH is 1. The molecule has 0 aliphatic carbocycles. The lowest BCUT2D eigenvalue weighted by Crippen LogP contribution is -2.56. The molecule has 4 heterocycles. The highest BCUT2D eigenvalue weighted by atomic mass is 79.9. The van der Waals surface area contributed by atoms with Gasteiger partial charge in [0.2, 0.25) is 17.7 Å². The van der Waals surface area contributed by atoms with Crippen molar-refractivity contribution in [2.45, 2.75) is 53.3 Å². The minimum absolute atomic E-state index is 0.00537. The molecule has 0 saturated carbocycles. The molecule has 3 aromatic rings. The number of benzene rings is 2. The Hall–Kier alpha value is -3.48. The first kappa shape index (κ1) is 32.5. The number of hydrogen-bond donors (Lipinski definition) is 1. The summed E-state index contributed by atoms with van der Waals surface area (Å²) in [7, 11) is 0. The summed E-state index contributed by atoms with van der Waals surface area (Å²) in [5, 5.41) is 18.0. The smallest absolute Gasteiger partial charge is 0.248 e. The summed E-state index contributed by atoms with van der Waals surface area (Å²) in [6, 6.07) is 16.6. The van der Waals surface area contributed by atoms with E-state index >= 15 is 0 Å². The summed E-state index contributed by atoms with van der Waals surface area (Å²) in [5.74, 6) is -1.69. The van der Waals surface area contributed by atoms with Crippen molar-refractivity contribution >= 4 is 56.4 Å². The molecule has 1 aromatic heterocycles. The monoisotopic (exact) mass is 706 g/mol. The van der Waals surface area contributed by atoms with E-state index in [0.29, 0.717) is 38.9 Å². The largest absolute Gasteiger partial charge is 0.396 e. The van der Waals surface area contributed by atoms with E-state index in [1.54, 1.807) is 43.3 Å². The molecular formula is C34H39BrN6O4S. The fourth-order valence-electron chi connectivity index (χ4n) is 7.46. The van der Waals surface area contributed by atoms with Gasteiger partial charge >= 0.3 is 0 Å². The predicted octanol–water partition coefficient (Wildman–Crippen LogP) is 3.86. The topological polar surface area (TPSA) is 112 Å². The number of alkyl halides is 1. The number of rotatable bonds is 14. The lowest BCUT2D eigenvalue weighted by atomic mass is 9.70. The van der Waals surface area contributed by atoms with Crippen LogP contribution in [0, 0.1) is 11.8 Å². The summed E-state index contributed by atoms with van der Waals surface area (Å²) >= 11 is 5.50. The molecule has 3 unspecified atom stereocenters. The molecule has 1 N–H and O–H groups in total. The van der Waals surface area contributed by atoms with E-state index in [2.05, 4.69) is 39.4 Å². The number of fused-ring (bicyclic) bond motifs is 2. The van der Waals surface area contributed by atoms with Crippen molar-refractivity contribution in [1.82, 2.24) is 29.7 Å². The zero-order valence-corrected chi connectivity index (χ0v) is 28.1. The number of aliphatic hydroxyl groups is 1. The minimum Gasteiger partial charge on any atom is -0.396 e. The standard InChI is InChI=1S/C34H39BrN6O4S/c1-3-16-38(21-23-12-6-5-7-13-23)31(43)27-28-32(44)40(18-10-11-19-42)30(34(28)20-24(35)29(27)46-34)33(45)39(17-4-2)22-41-26-15-9-8-14-25(26)36-37-41/h3-9,12-15,24,27-30,42H,1-2,10-11,16-22H2/t24?,27-,28-,29-,30?,34?/m0/s1. The number of thioether (sulfide) groups is 1. The van der Waals surface area contributed by atoms with Gasteiger partial charge in [-0.1, -0.05) is 75.8 Å². The van der Waals surface area contributed by atoms with Gasteiger partial charge in [0, 0.05) is 42.9 Å². The molecule has 2 bridgehead atoms. The van der Waals surface area contributed by atoms with Crippen molar-refractivity contribution in [3.05, 3.63) is 85.5 Å². The molecule has 3 saturated heterocycles. The average Bonchev–Trinajstić information content (AvgIpc) is 3.78. The number of carbonyl (C=O) groups excluding carboxylic acids is 3. The predicted molar refractivity (Wildman–Crippen MR) is 182 cm³/mol. The fraction of sp³-hybridized carbons (Fsp3) is 0.441. The zero-order valence-electron chi connectivity index (χ0n) is 25.7. The Kier molecular flexibility index (Phi) is 9.67. The van der Waals surface area contributed by atoms with Crippen LogP contribution in [-0.2, 0) is 27.6 Å². The van der Waals surface area contributed by atoms with Gasteiger partial charge in [-0.3, -0.25) is 14.4 Å². The van der Waals surface area contributed by atoms with Crippen LogP contribution in [0.4, 0.5) is 0 Å². The highest BCUT2D eigenvalue weighted by Crippen LogP contribution is 2.68. The van der Waals surface area contributed by atoms with E-state index in [9.17, 15) is 19.5 Å². The Morgan fingerprint density at radius 2 is 1.76 bits per heavy atom. The molecule has 0 radical (unpaired) electrons. The first-order chi connectivity index (χ1) is 22.3. The number of aromatic nitrogens is 3. The molecule has 3 fully saturated rings. The maximum absolute atomic E-state index is 14.8. The Morgan fingerprint density at radius 1 is 1.04 bits per heavy atom. The molecule has 3 amide bonds. The fourth-order valence-corrected chi connectivity index (χ4v) is 11.1. The first-order valence-corrected chi connectivity index (χ1v) is 17.5. The van der Waals surface area contributed by atoms with Crippen LogP contribution in [-0.4, -0.2) is 99.6 Å². The number of unbranched alkanes of at least 4 members (excludes halogenated alkanes) is 1. The molecular weight excluding hydrogens is 668 g/mol. The number of carbonyl (C=O) groups is 3. The van der Waals surface area contributed by atoms with Gasteiger partial charge in [0.25, 0.3) is 0 Å². The normalized spacial score (nSPS) is 26.3. The number of amides is 3. The minimum atomic E-state index is -0.789. The summed E-state index contributed by atoms with van der Waals surface area (Å²) in [6.45, 7) is 9.27. The van der Waals surface area contributed by atoms with E-state index in [1.165, 1.54) is 0 Å². The SMILES string of the molecule is C=CCN(Cn1nnc2ccccc21)C(=O)C1N(CCCCO)C(=O)[C@@H]2[C@H](C(=O)N(CC=C)Cc3ccccc3)[C@H]3SC12CC3Br. The molecule has 1 spiro atoms. The summed E-state index contributed by atoms with van der Waals surface area (Å²) < 4.78 is 0.900. The lowest BCUT2D eigenvalue weighted by Gasteiger charge is -2.38. The van der Waals surface area contributed by atoms with Crippen molar-refractivity contribution in [3.63, 3.8) is 0 Å². The van der Waals surface area contributed by atoms with E-state index in [0.717, 1.165) is 16.6 Å². The quantitative estimate of drug-likeness (QED) is 0.154. The van der Waals surface area contributed by atoms with Crippen LogP contribution in [0.2, 0.25) is 0 Å². The second-order valence-corrected chi connectivity index (χ2v) is 14.9.